The van der Waals surface area contributed by atoms with Gasteiger partial charge in [-0.2, -0.15) is 0 Å². The predicted molar refractivity (Wildman–Crippen MR) is 111 cm³/mol. The molecule has 2 atom stereocenters. The van der Waals surface area contributed by atoms with Crippen molar-refractivity contribution >= 4 is 11.8 Å². The fourth-order valence-corrected chi connectivity index (χ4v) is 3.59. The fourth-order valence-electron chi connectivity index (χ4n) is 3.59. The van der Waals surface area contributed by atoms with Gasteiger partial charge in [-0.3, -0.25) is 14.5 Å². The number of carbonyl (C=O) groups excluding carboxylic acids is 2. The van der Waals surface area contributed by atoms with Gasteiger partial charge in [-0.15, -0.1) is 0 Å². The Morgan fingerprint density at radius 1 is 1.10 bits per heavy atom. The molecular formula is C23H28FN3O2. The van der Waals surface area contributed by atoms with Gasteiger partial charge in [-0.05, 0) is 42.2 Å². The van der Waals surface area contributed by atoms with Gasteiger partial charge in [0.25, 0.3) is 5.91 Å². The molecule has 1 fully saturated rings. The van der Waals surface area contributed by atoms with Crippen LogP contribution < -0.4 is 10.6 Å². The maximum Gasteiger partial charge on any atom is 0.251 e. The molecule has 154 valence electrons. The fraction of sp³-hybridized carbons (Fsp3) is 0.391. The van der Waals surface area contributed by atoms with E-state index >= 15 is 0 Å². The van der Waals surface area contributed by atoms with Crippen LogP contribution in [-0.4, -0.2) is 41.9 Å². The lowest BCUT2D eigenvalue weighted by molar-refractivity contribution is -0.124. The van der Waals surface area contributed by atoms with E-state index in [2.05, 4.69) is 27.7 Å². The highest BCUT2D eigenvalue weighted by molar-refractivity contribution is 5.97. The van der Waals surface area contributed by atoms with E-state index in [0.29, 0.717) is 5.56 Å². The maximum atomic E-state index is 13.1. The Hall–Kier alpha value is -2.73. The van der Waals surface area contributed by atoms with Crippen molar-refractivity contribution < 1.29 is 14.0 Å². The van der Waals surface area contributed by atoms with Gasteiger partial charge in [0.2, 0.25) is 5.91 Å². The molecule has 1 aliphatic rings. The molecule has 0 aromatic heterocycles. The van der Waals surface area contributed by atoms with Crippen LogP contribution in [0, 0.1) is 11.7 Å². The summed E-state index contributed by atoms with van der Waals surface area (Å²) >= 11 is 0. The SMILES string of the molecule is CC(C)C(NC(=O)c1ccc(F)cc1)C(=O)NC1CCN(Cc2ccccc2)C1. The Balaban J connectivity index is 1.54. The summed E-state index contributed by atoms with van der Waals surface area (Å²) in [7, 11) is 0. The third kappa shape index (κ3) is 5.87. The molecule has 0 saturated carbocycles. The number of likely N-dealkylation sites (tertiary alicyclic amines) is 1. The Kier molecular flexibility index (Phi) is 6.99. The minimum Gasteiger partial charge on any atom is -0.350 e. The first-order valence-electron chi connectivity index (χ1n) is 10.1. The average Bonchev–Trinajstić information content (AvgIpc) is 3.13. The third-order valence-electron chi connectivity index (χ3n) is 5.21. The molecule has 2 unspecified atom stereocenters. The van der Waals surface area contributed by atoms with Crippen molar-refractivity contribution in [1.29, 1.82) is 0 Å². The predicted octanol–water partition coefficient (Wildman–Crippen LogP) is 2.97. The van der Waals surface area contributed by atoms with Crippen LogP contribution in [0.15, 0.2) is 54.6 Å². The standard InChI is InChI=1S/C23H28FN3O2/c1-16(2)21(26-22(28)18-8-10-19(24)11-9-18)23(29)25-20-12-13-27(15-20)14-17-6-4-3-5-7-17/h3-11,16,20-21H,12-15H2,1-2H3,(H,25,29)(H,26,28). The van der Waals surface area contributed by atoms with Crippen LogP contribution in [0.1, 0.15) is 36.2 Å². The number of hydrogen-bond acceptors (Lipinski definition) is 3. The smallest absolute Gasteiger partial charge is 0.251 e. The van der Waals surface area contributed by atoms with E-state index in [9.17, 15) is 14.0 Å². The van der Waals surface area contributed by atoms with Crippen LogP contribution in [0.25, 0.3) is 0 Å². The third-order valence-corrected chi connectivity index (χ3v) is 5.21. The zero-order valence-corrected chi connectivity index (χ0v) is 16.9. The Bertz CT molecular complexity index is 824. The van der Waals surface area contributed by atoms with Crippen LogP contribution in [0.4, 0.5) is 4.39 Å². The minimum absolute atomic E-state index is 0.0650. The average molecular weight is 397 g/mol. The number of amides is 2. The monoisotopic (exact) mass is 397 g/mol. The zero-order valence-electron chi connectivity index (χ0n) is 16.9. The molecule has 1 saturated heterocycles. The van der Waals surface area contributed by atoms with Crippen LogP contribution >= 0.6 is 0 Å². The summed E-state index contributed by atoms with van der Waals surface area (Å²) in [5.41, 5.74) is 1.59. The molecule has 1 aliphatic heterocycles. The van der Waals surface area contributed by atoms with Gasteiger partial charge in [0, 0.05) is 31.2 Å². The highest BCUT2D eigenvalue weighted by Crippen LogP contribution is 2.14. The number of carbonyl (C=O) groups is 2. The summed E-state index contributed by atoms with van der Waals surface area (Å²) in [6, 6.07) is 15.0. The van der Waals surface area contributed by atoms with Gasteiger partial charge in [0.15, 0.2) is 0 Å². The van der Waals surface area contributed by atoms with Crippen molar-refractivity contribution in [2.75, 3.05) is 13.1 Å². The lowest BCUT2D eigenvalue weighted by atomic mass is 10.0. The van der Waals surface area contributed by atoms with E-state index in [-0.39, 0.29) is 23.8 Å². The molecule has 1 heterocycles. The number of rotatable bonds is 7. The van der Waals surface area contributed by atoms with Crippen LogP contribution in [0.2, 0.25) is 0 Å². The Labute approximate surface area is 171 Å². The second-order valence-electron chi connectivity index (χ2n) is 7.92. The number of nitrogens with one attached hydrogen (secondary N) is 2. The van der Waals surface area contributed by atoms with Crippen molar-refractivity contribution in [3.05, 3.63) is 71.5 Å². The van der Waals surface area contributed by atoms with Gasteiger partial charge >= 0.3 is 0 Å². The van der Waals surface area contributed by atoms with Gasteiger partial charge in [-0.1, -0.05) is 44.2 Å². The molecule has 2 aromatic carbocycles. The number of hydrogen-bond donors (Lipinski definition) is 2. The van der Waals surface area contributed by atoms with Gasteiger partial charge in [0.05, 0.1) is 0 Å². The first kappa shape index (κ1) is 21.0. The topological polar surface area (TPSA) is 61.4 Å². The molecular weight excluding hydrogens is 369 g/mol. The normalized spacial score (nSPS) is 17.9. The Morgan fingerprint density at radius 3 is 2.45 bits per heavy atom. The minimum atomic E-state index is -0.643. The molecule has 0 radical (unpaired) electrons. The summed E-state index contributed by atoms with van der Waals surface area (Å²) in [6.07, 6.45) is 0.884. The van der Waals surface area contributed by atoms with E-state index in [1.165, 1.54) is 29.8 Å². The lowest BCUT2D eigenvalue weighted by Gasteiger charge is -2.24. The second kappa shape index (κ2) is 9.65. The molecule has 3 rings (SSSR count). The van der Waals surface area contributed by atoms with Crippen LogP contribution in [-0.2, 0) is 11.3 Å². The molecule has 0 spiro atoms. The quantitative estimate of drug-likeness (QED) is 0.755. The van der Waals surface area contributed by atoms with Crippen molar-refractivity contribution in [3.8, 4) is 0 Å². The number of halogens is 1. The van der Waals surface area contributed by atoms with Crippen LogP contribution in [0.5, 0.6) is 0 Å². The van der Waals surface area contributed by atoms with Crippen molar-refractivity contribution in [3.63, 3.8) is 0 Å². The van der Waals surface area contributed by atoms with E-state index in [1.54, 1.807) is 0 Å². The summed E-state index contributed by atoms with van der Waals surface area (Å²) in [4.78, 5) is 27.6. The summed E-state index contributed by atoms with van der Waals surface area (Å²) < 4.78 is 13.1. The first-order chi connectivity index (χ1) is 13.9. The van der Waals surface area contributed by atoms with Gasteiger partial charge < -0.3 is 10.6 Å². The largest absolute Gasteiger partial charge is 0.350 e. The van der Waals surface area contributed by atoms with Crippen molar-refractivity contribution in [2.24, 2.45) is 5.92 Å². The van der Waals surface area contributed by atoms with Gasteiger partial charge in [-0.25, -0.2) is 4.39 Å². The zero-order chi connectivity index (χ0) is 20.8. The summed E-state index contributed by atoms with van der Waals surface area (Å²) in [5, 5.41) is 5.88. The second-order valence-corrected chi connectivity index (χ2v) is 7.92. The Morgan fingerprint density at radius 2 is 1.79 bits per heavy atom. The maximum absolute atomic E-state index is 13.1. The summed E-state index contributed by atoms with van der Waals surface area (Å²) in [6.45, 7) is 6.37. The number of nitrogens with zero attached hydrogens (tertiary/aromatic N) is 1. The molecule has 5 nitrogen and oxygen atoms in total. The van der Waals surface area contributed by atoms with E-state index in [0.717, 1.165) is 26.1 Å². The highest BCUT2D eigenvalue weighted by atomic mass is 19.1. The molecule has 2 N–H and O–H groups in total. The van der Waals surface area contributed by atoms with Gasteiger partial charge in [0.1, 0.15) is 11.9 Å². The highest BCUT2D eigenvalue weighted by Gasteiger charge is 2.29. The molecule has 6 heteroatoms. The lowest BCUT2D eigenvalue weighted by Crippen LogP contribution is -2.52. The molecule has 2 amide bonds. The number of benzene rings is 2. The molecule has 0 aliphatic carbocycles. The van der Waals surface area contributed by atoms with Crippen molar-refractivity contribution in [1.82, 2.24) is 15.5 Å². The summed E-state index contributed by atoms with van der Waals surface area (Å²) in [5.74, 6) is -1.03. The van der Waals surface area contributed by atoms with E-state index in [1.807, 2.05) is 32.0 Å². The molecule has 2 aromatic rings. The van der Waals surface area contributed by atoms with E-state index < -0.39 is 11.9 Å². The van der Waals surface area contributed by atoms with Crippen molar-refractivity contribution in [2.45, 2.75) is 38.9 Å². The van der Waals surface area contributed by atoms with E-state index in [4.69, 9.17) is 0 Å². The molecule has 29 heavy (non-hydrogen) atoms. The molecule has 0 bridgehead atoms. The first-order valence-corrected chi connectivity index (χ1v) is 10.1. The van der Waals surface area contributed by atoms with Crippen LogP contribution in [0.3, 0.4) is 0 Å².